The molecule has 190 valence electrons. The van der Waals surface area contributed by atoms with Crippen LogP contribution < -0.4 is 0 Å². The molecule has 0 heteroatoms. The van der Waals surface area contributed by atoms with Crippen molar-refractivity contribution in [2.45, 2.75) is 91.9 Å². The van der Waals surface area contributed by atoms with E-state index in [0.717, 1.165) is 12.8 Å². The predicted octanol–water partition coefficient (Wildman–Crippen LogP) is 10.9. The first-order chi connectivity index (χ1) is 17.6. The van der Waals surface area contributed by atoms with E-state index in [1.165, 1.54) is 95.9 Å². The van der Waals surface area contributed by atoms with Crippen molar-refractivity contribution in [3.63, 3.8) is 0 Å². The molecule has 3 rings (SSSR count). The Morgan fingerprint density at radius 3 is 1.22 bits per heavy atom. The molecule has 0 atom stereocenters. The molecule has 36 heavy (non-hydrogen) atoms. The first kappa shape index (κ1) is 27.7. The van der Waals surface area contributed by atoms with Crippen molar-refractivity contribution >= 4 is 24.3 Å². The van der Waals surface area contributed by atoms with Crippen molar-refractivity contribution in [2.75, 3.05) is 0 Å². The zero-order valence-corrected chi connectivity index (χ0v) is 23.2. The van der Waals surface area contributed by atoms with Gasteiger partial charge in [0, 0.05) is 0 Å². The topological polar surface area (TPSA) is 0 Å². The van der Waals surface area contributed by atoms with Gasteiger partial charge in [-0.25, -0.2) is 0 Å². The molecule has 0 amide bonds. The van der Waals surface area contributed by atoms with Gasteiger partial charge in [-0.1, -0.05) is 148 Å². The van der Waals surface area contributed by atoms with E-state index in [9.17, 15) is 0 Å². The first-order valence-electron chi connectivity index (χ1n) is 14.2. The molecule has 0 nitrogen and oxygen atoms in total. The predicted molar refractivity (Wildman–Crippen MR) is 162 cm³/mol. The van der Waals surface area contributed by atoms with Gasteiger partial charge in [-0.15, -0.1) is 0 Å². The van der Waals surface area contributed by atoms with E-state index in [-0.39, 0.29) is 0 Å². The van der Waals surface area contributed by atoms with Crippen LogP contribution in [0.15, 0.2) is 60.7 Å². The highest BCUT2D eigenvalue weighted by Crippen LogP contribution is 2.26. The van der Waals surface area contributed by atoms with Gasteiger partial charge in [-0.3, -0.25) is 0 Å². The van der Waals surface area contributed by atoms with Crippen molar-refractivity contribution < 1.29 is 0 Å². The molecule has 0 unspecified atom stereocenters. The molecule has 0 aliphatic heterocycles. The number of rotatable bonds is 14. The van der Waals surface area contributed by atoms with Crippen LogP contribution in [-0.4, -0.2) is 0 Å². The minimum Gasteiger partial charge on any atom is -0.0654 e. The normalized spacial score (nSPS) is 11.7. The Hall–Kier alpha value is -2.86. The lowest BCUT2D eigenvalue weighted by Crippen LogP contribution is -1.98. The minimum atomic E-state index is 1.15. The van der Waals surface area contributed by atoms with Gasteiger partial charge >= 0.3 is 0 Å². The Bertz CT molecular complexity index is 1000. The lowest BCUT2D eigenvalue weighted by molar-refractivity contribution is 0.663. The SMILES string of the molecule is CCCCCCc1cc(C=Cc2ccc(C)cc2)c(CCCCCC)cc1C=Cc1ccc(C)cc1. The van der Waals surface area contributed by atoms with Crippen LogP contribution in [0.25, 0.3) is 24.3 Å². The quantitative estimate of drug-likeness (QED) is 0.160. The number of aryl methyl sites for hydroxylation is 4. The second kappa shape index (κ2) is 15.3. The van der Waals surface area contributed by atoms with Gasteiger partial charge in [0.1, 0.15) is 0 Å². The third-order valence-electron chi connectivity index (χ3n) is 7.07. The van der Waals surface area contributed by atoms with Crippen molar-refractivity contribution in [3.8, 4) is 0 Å². The van der Waals surface area contributed by atoms with E-state index < -0.39 is 0 Å². The van der Waals surface area contributed by atoms with Crippen LogP contribution in [0.5, 0.6) is 0 Å². The maximum Gasteiger partial charge on any atom is -0.0221 e. The smallest absolute Gasteiger partial charge is 0.0221 e. The van der Waals surface area contributed by atoms with Crippen LogP contribution in [0.2, 0.25) is 0 Å². The second-order valence-corrected chi connectivity index (χ2v) is 10.4. The molecule has 0 aromatic heterocycles. The summed E-state index contributed by atoms with van der Waals surface area (Å²) in [5, 5.41) is 0. The van der Waals surface area contributed by atoms with Crippen LogP contribution in [0.4, 0.5) is 0 Å². The molecule has 0 N–H and O–H groups in total. The number of hydrogen-bond acceptors (Lipinski definition) is 0. The van der Waals surface area contributed by atoms with Gasteiger partial charge in [0.15, 0.2) is 0 Å². The van der Waals surface area contributed by atoms with E-state index in [1.807, 2.05) is 0 Å². The summed E-state index contributed by atoms with van der Waals surface area (Å²) in [7, 11) is 0. The standard InChI is InChI=1S/C36H46/c1-5-7-9-11-13-33-27-36(26-24-32-21-17-30(4)18-22-32)34(14-12-10-8-6-2)28-35(33)25-23-31-19-15-29(3)16-20-31/h15-28H,5-14H2,1-4H3. The molecule has 0 aliphatic carbocycles. The molecular formula is C36H46. The monoisotopic (exact) mass is 478 g/mol. The Balaban J connectivity index is 1.94. The van der Waals surface area contributed by atoms with Gasteiger partial charge < -0.3 is 0 Å². The van der Waals surface area contributed by atoms with Crippen LogP contribution in [0.3, 0.4) is 0 Å². The molecule has 3 aromatic rings. The van der Waals surface area contributed by atoms with E-state index in [2.05, 4.69) is 113 Å². The highest BCUT2D eigenvalue weighted by atomic mass is 14.1. The molecule has 0 radical (unpaired) electrons. The molecule has 0 saturated heterocycles. The molecule has 0 bridgehead atoms. The summed E-state index contributed by atoms with van der Waals surface area (Å²) in [5.74, 6) is 0. The number of unbranched alkanes of at least 4 members (excludes halogenated alkanes) is 6. The fourth-order valence-electron chi connectivity index (χ4n) is 4.68. The van der Waals surface area contributed by atoms with E-state index in [1.54, 1.807) is 0 Å². The van der Waals surface area contributed by atoms with Crippen LogP contribution in [0.1, 0.15) is 110 Å². The summed E-state index contributed by atoms with van der Waals surface area (Å²) in [6, 6.07) is 22.6. The molecule has 3 aromatic carbocycles. The lowest BCUT2D eigenvalue weighted by atomic mass is 9.91. The van der Waals surface area contributed by atoms with Crippen molar-refractivity contribution in [3.05, 3.63) is 105 Å². The van der Waals surface area contributed by atoms with Gasteiger partial charge in [-0.05, 0) is 72.9 Å². The van der Waals surface area contributed by atoms with Crippen molar-refractivity contribution in [1.82, 2.24) is 0 Å². The third kappa shape index (κ3) is 9.30. The summed E-state index contributed by atoms with van der Waals surface area (Å²) < 4.78 is 0. The van der Waals surface area contributed by atoms with Gasteiger partial charge in [0.25, 0.3) is 0 Å². The van der Waals surface area contributed by atoms with E-state index in [0.29, 0.717) is 0 Å². The third-order valence-corrected chi connectivity index (χ3v) is 7.07. The van der Waals surface area contributed by atoms with Gasteiger partial charge in [0.05, 0.1) is 0 Å². The van der Waals surface area contributed by atoms with Crippen LogP contribution in [-0.2, 0) is 12.8 Å². The average Bonchev–Trinajstić information content (AvgIpc) is 2.89. The van der Waals surface area contributed by atoms with Gasteiger partial charge in [-0.2, -0.15) is 0 Å². The zero-order chi connectivity index (χ0) is 25.6. The van der Waals surface area contributed by atoms with E-state index in [4.69, 9.17) is 0 Å². The maximum atomic E-state index is 2.49. The Labute approximate surface area is 221 Å². The number of hydrogen-bond donors (Lipinski definition) is 0. The van der Waals surface area contributed by atoms with Crippen molar-refractivity contribution in [1.29, 1.82) is 0 Å². The fraction of sp³-hybridized carbons (Fsp3) is 0.389. The first-order valence-corrected chi connectivity index (χ1v) is 14.2. The maximum absolute atomic E-state index is 2.49. The molecule has 0 spiro atoms. The minimum absolute atomic E-state index is 1.15. The molecule has 0 heterocycles. The highest BCUT2D eigenvalue weighted by molar-refractivity contribution is 5.76. The van der Waals surface area contributed by atoms with Crippen molar-refractivity contribution in [2.24, 2.45) is 0 Å². The van der Waals surface area contributed by atoms with Gasteiger partial charge in [0.2, 0.25) is 0 Å². The fourth-order valence-corrected chi connectivity index (χ4v) is 4.68. The molecule has 0 fully saturated rings. The summed E-state index contributed by atoms with van der Waals surface area (Å²) >= 11 is 0. The summed E-state index contributed by atoms with van der Waals surface area (Å²) in [5.41, 5.74) is 10.9. The Morgan fingerprint density at radius 1 is 0.472 bits per heavy atom. The largest absolute Gasteiger partial charge is 0.0654 e. The Kier molecular flexibility index (Phi) is 11.8. The van der Waals surface area contributed by atoms with E-state index >= 15 is 0 Å². The molecule has 0 saturated carbocycles. The summed E-state index contributed by atoms with van der Waals surface area (Å²) in [4.78, 5) is 0. The van der Waals surface area contributed by atoms with Crippen LogP contribution in [0, 0.1) is 13.8 Å². The lowest BCUT2D eigenvalue weighted by Gasteiger charge is -2.14. The Morgan fingerprint density at radius 2 is 0.861 bits per heavy atom. The van der Waals surface area contributed by atoms with Crippen LogP contribution >= 0.6 is 0 Å². The summed E-state index contributed by atoms with van der Waals surface area (Å²) in [6.07, 6.45) is 21.9. The summed E-state index contributed by atoms with van der Waals surface area (Å²) in [6.45, 7) is 8.87. The highest BCUT2D eigenvalue weighted by Gasteiger charge is 2.08. The number of benzene rings is 3. The molecular weight excluding hydrogens is 432 g/mol. The zero-order valence-electron chi connectivity index (χ0n) is 23.2. The second-order valence-electron chi connectivity index (χ2n) is 10.4. The molecule has 0 aliphatic rings. The average molecular weight is 479 g/mol.